The zero-order chi connectivity index (χ0) is 12.3. The molecule has 0 spiro atoms. The van der Waals surface area contributed by atoms with Gasteiger partial charge in [-0.25, -0.2) is 4.39 Å². The Morgan fingerprint density at radius 1 is 1.59 bits per heavy atom. The molecular formula is C14H18FNO. The van der Waals surface area contributed by atoms with Crippen molar-refractivity contribution in [1.82, 2.24) is 5.32 Å². The molecule has 0 aliphatic heterocycles. The van der Waals surface area contributed by atoms with Crippen molar-refractivity contribution in [3.63, 3.8) is 0 Å². The van der Waals surface area contributed by atoms with Crippen molar-refractivity contribution in [1.29, 1.82) is 0 Å². The molecule has 1 N–H and O–H groups in total. The van der Waals surface area contributed by atoms with Crippen LogP contribution < -0.4 is 10.1 Å². The lowest BCUT2D eigenvalue weighted by atomic mass is 10.2. The first-order chi connectivity index (χ1) is 8.19. The zero-order valence-electron chi connectivity index (χ0n) is 10.1. The molecule has 1 aromatic carbocycles. The number of nitrogens with one attached hydrogen (secondary N) is 1. The fourth-order valence-electron chi connectivity index (χ4n) is 1.55. The number of rotatable bonds is 6. The molecule has 1 aliphatic carbocycles. The third kappa shape index (κ3) is 3.56. The first-order valence-corrected chi connectivity index (χ1v) is 6.00. The van der Waals surface area contributed by atoms with Crippen molar-refractivity contribution in [3.8, 4) is 5.75 Å². The lowest BCUT2D eigenvalue weighted by Gasteiger charge is -2.12. The van der Waals surface area contributed by atoms with Gasteiger partial charge in [-0.2, -0.15) is 0 Å². The van der Waals surface area contributed by atoms with Crippen LogP contribution in [0, 0.1) is 5.82 Å². The molecule has 0 bridgehead atoms. The summed E-state index contributed by atoms with van der Waals surface area (Å²) in [6, 6.07) is 5.73. The largest absolute Gasteiger partial charge is 0.484 e. The second-order valence-electron chi connectivity index (χ2n) is 4.48. The van der Waals surface area contributed by atoms with Crippen molar-refractivity contribution in [2.45, 2.75) is 38.5 Å². The summed E-state index contributed by atoms with van der Waals surface area (Å²) in [6.07, 6.45) is 3.93. The van der Waals surface area contributed by atoms with E-state index in [1.165, 1.54) is 18.9 Å². The Kier molecular flexibility index (Phi) is 3.79. The summed E-state index contributed by atoms with van der Waals surface area (Å²) in [4.78, 5) is 0. The SMILES string of the molecule is C=CC(C)Oc1ccc(CNC2CC2)cc1F. The van der Waals surface area contributed by atoms with Crippen LogP contribution in [0.1, 0.15) is 25.3 Å². The summed E-state index contributed by atoms with van der Waals surface area (Å²) in [6.45, 7) is 6.15. The van der Waals surface area contributed by atoms with Crippen LogP contribution in [0.15, 0.2) is 30.9 Å². The van der Waals surface area contributed by atoms with Gasteiger partial charge < -0.3 is 10.1 Å². The Hall–Kier alpha value is -1.35. The maximum atomic E-state index is 13.7. The maximum absolute atomic E-state index is 13.7. The molecule has 1 unspecified atom stereocenters. The normalized spacial score (nSPS) is 16.6. The molecule has 1 atom stereocenters. The second-order valence-corrected chi connectivity index (χ2v) is 4.48. The van der Waals surface area contributed by atoms with Crippen LogP contribution in [0.25, 0.3) is 0 Å². The fraction of sp³-hybridized carbons (Fsp3) is 0.429. The monoisotopic (exact) mass is 235 g/mol. The smallest absolute Gasteiger partial charge is 0.165 e. The lowest BCUT2D eigenvalue weighted by Crippen LogP contribution is -2.15. The van der Waals surface area contributed by atoms with Crippen LogP contribution in [0.3, 0.4) is 0 Å². The molecule has 17 heavy (non-hydrogen) atoms. The van der Waals surface area contributed by atoms with E-state index < -0.39 is 0 Å². The predicted molar refractivity (Wildman–Crippen MR) is 66.5 cm³/mol. The van der Waals surface area contributed by atoms with Crippen LogP contribution in [0.5, 0.6) is 5.75 Å². The Morgan fingerprint density at radius 2 is 2.35 bits per heavy atom. The molecule has 0 radical (unpaired) electrons. The van der Waals surface area contributed by atoms with Gasteiger partial charge in [-0.15, -0.1) is 0 Å². The number of hydrogen-bond acceptors (Lipinski definition) is 2. The van der Waals surface area contributed by atoms with Gasteiger partial charge in [0.05, 0.1) is 0 Å². The average molecular weight is 235 g/mol. The summed E-state index contributed by atoms with van der Waals surface area (Å²) in [7, 11) is 0. The molecule has 2 rings (SSSR count). The van der Waals surface area contributed by atoms with Gasteiger partial charge in [0.15, 0.2) is 11.6 Å². The second kappa shape index (κ2) is 5.32. The first kappa shape index (κ1) is 12.1. The number of ether oxygens (including phenoxy) is 1. The van der Waals surface area contributed by atoms with Crippen molar-refractivity contribution in [2.75, 3.05) is 0 Å². The Balaban J connectivity index is 1.96. The van der Waals surface area contributed by atoms with Gasteiger partial charge in [0.2, 0.25) is 0 Å². The molecule has 3 heteroatoms. The molecule has 92 valence electrons. The standard InChI is InChI=1S/C14H18FNO/c1-3-10(2)17-14-7-4-11(8-13(14)15)9-16-12-5-6-12/h3-4,7-8,10,12,16H,1,5-6,9H2,2H3. The van der Waals surface area contributed by atoms with Gasteiger partial charge in [0.1, 0.15) is 6.10 Å². The summed E-state index contributed by atoms with van der Waals surface area (Å²) in [5.41, 5.74) is 0.952. The molecular weight excluding hydrogens is 217 g/mol. The minimum Gasteiger partial charge on any atom is -0.484 e. The topological polar surface area (TPSA) is 21.3 Å². The van der Waals surface area contributed by atoms with Gasteiger partial charge in [-0.3, -0.25) is 0 Å². The van der Waals surface area contributed by atoms with E-state index in [1.54, 1.807) is 12.1 Å². The van der Waals surface area contributed by atoms with Crippen molar-refractivity contribution in [3.05, 3.63) is 42.2 Å². The third-order valence-corrected chi connectivity index (χ3v) is 2.81. The highest BCUT2D eigenvalue weighted by Crippen LogP contribution is 2.22. The van der Waals surface area contributed by atoms with Gasteiger partial charge in [-0.05, 0) is 37.5 Å². The third-order valence-electron chi connectivity index (χ3n) is 2.81. The van der Waals surface area contributed by atoms with Crippen molar-refractivity contribution in [2.24, 2.45) is 0 Å². The molecule has 1 aromatic rings. The Bertz CT molecular complexity index is 401. The highest BCUT2D eigenvalue weighted by atomic mass is 19.1. The molecule has 1 aliphatic rings. The number of benzene rings is 1. The Labute approximate surface area is 101 Å². The van der Waals surface area contributed by atoms with E-state index in [9.17, 15) is 4.39 Å². The van der Waals surface area contributed by atoms with Crippen LogP contribution >= 0.6 is 0 Å². The summed E-state index contributed by atoms with van der Waals surface area (Å²) >= 11 is 0. The summed E-state index contributed by atoms with van der Waals surface area (Å²) < 4.78 is 19.1. The minimum atomic E-state index is -0.311. The van der Waals surface area contributed by atoms with Crippen molar-refractivity contribution < 1.29 is 9.13 Å². The van der Waals surface area contributed by atoms with Crippen molar-refractivity contribution >= 4 is 0 Å². The molecule has 1 saturated carbocycles. The Morgan fingerprint density at radius 3 is 2.94 bits per heavy atom. The summed E-state index contributed by atoms with van der Waals surface area (Å²) in [5, 5.41) is 3.35. The highest BCUT2D eigenvalue weighted by Gasteiger charge is 2.20. The molecule has 0 saturated heterocycles. The number of hydrogen-bond donors (Lipinski definition) is 1. The van der Waals surface area contributed by atoms with Crippen LogP contribution in [-0.4, -0.2) is 12.1 Å². The quantitative estimate of drug-likeness (QED) is 0.765. The first-order valence-electron chi connectivity index (χ1n) is 6.00. The lowest BCUT2D eigenvalue weighted by molar-refractivity contribution is 0.257. The molecule has 0 heterocycles. The molecule has 1 fully saturated rings. The van der Waals surface area contributed by atoms with E-state index >= 15 is 0 Å². The van der Waals surface area contributed by atoms with Crippen LogP contribution in [-0.2, 0) is 6.54 Å². The summed E-state index contributed by atoms with van der Waals surface area (Å²) in [5.74, 6) is -0.0265. The zero-order valence-corrected chi connectivity index (χ0v) is 10.1. The molecule has 2 nitrogen and oxygen atoms in total. The van der Waals surface area contributed by atoms with Gasteiger partial charge in [-0.1, -0.05) is 18.7 Å². The predicted octanol–water partition coefficient (Wildman–Crippen LogP) is 3.03. The van der Waals surface area contributed by atoms with E-state index in [2.05, 4.69) is 11.9 Å². The molecule has 0 aromatic heterocycles. The van der Waals surface area contributed by atoms with E-state index in [0.29, 0.717) is 6.04 Å². The van der Waals surface area contributed by atoms with E-state index in [0.717, 1.165) is 12.1 Å². The van der Waals surface area contributed by atoms with Crippen LogP contribution in [0.2, 0.25) is 0 Å². The highest BCUT2D eigenvalue weighted by molar-refractivity contribution is 5.29. The van der Waals surface area contributed by atoms with E-state index in [-0.39, 0.29) is 17.7 Å². The van der Waals surface area contributed by atoms with Crippen LogP contribution in [0.4, 0.5) is 4.39 Å². The fourth-order valence-corrected chi connectivity index (χ4v) is 1.55. The van der Waals surface area contributed by atoms with Gasteiger partial charge in [0.25, 0.3) is 0 Å². The van der Waals surface area contributed by atoms with Gasteiger partial charge >= 0.3 is 0 Å². The minimum absolute atomic E-state index is 0.181. The van der Waals surface area contributed by atoms with E-state index in [1.807, 2.05) is 13.0 Å². The average Bonchev–Trinajstić information content (AvgIpc) is 3.13. The van der Waals surface area contributed by atoms with Gasteiger partial charge in [0, 0.05) is 12.6 Å². The number of halogens is 1. The maximum Gasteiger partial charge on any atom is 0.165 e. The molecule has 0 amide bonds. The van der Waals surface area contributed by atoms with E-state index in [4.69, 9.17) is 4.74 Å².